The quantitative estimate of drug-likeness (QED) is 0.474. The first-order valence-corrected chi connectivity index (χ1v) is 3.99. The Kier molecular flexibility index (Phi) is 1.10. The average Bonchev–Trinajstić information content (AvgIpc) is 1.87. The molecule has 2 saturated heterocycles. The molecule has 1 aliphatic carbocycles. The lowest BCUT2D eigenvalue weighted by Crippen LogP contribution is -2.58. The van der Waals surface area contributed by atoms with E-state index >= 15 is 0 Å². The van der Waals surface area contributed by atoms with Crippen molar-refractivity contribution in [3.05, 3.63) is 0 Å². The van der Waals surface area contributed by atoms with Gasteiger partial charge in [0.2, 0.25) is 0 Å². The minimum atomic E-state index is 0.957. The third kappa shape index (κ3) is 0.710. The predicted octanol–water partition coefficient (Wildman–Crippen LogP) is 1.49. The molecule has 1 saturated carbocycles. The minimum absolute atomic E-state index is 0.957. The van der Waals surface area contributed by atoms with Crippen LogP contribution in [-0.4, -0.2) is 24.0 Å². The van der Waals surface area contributed by atoms with Crippen LogP contribution in [0.5, 0.6) is 0 Å². The van der Waals surface area contributed by atoms with Crippen molar-refractivity contribution in [1.29, 1.82) is 0 Å². The van der Waals surface area contributed by atoms with Gasteiger partial charge in [-0.15, -0.1) is 0 Å². The minimum Gasteiger partial charge on any atom is -0.300 e. The fourth-order valence-electron chi connectivity index (χ4n) is 2.36. The highest BCUT2D eigenvalue weighted by Crippen LogP contribution is 2.39. The molecular weight excluding hydrogens is 110 g/mol. The van der Waals surface area contributed by atoms with E-state index in [0.29, 0.717) is 0 Å². The van der Waals surface area contributed by atoms with Gasteiger partial charge in [0, 0.05) is 12.1 Å². The third-order valence-electron chi connectivity index (χ3n) is 3.04. The van der Waals surface area contributed by atoms with Crippen molar-refractivity contribution < 1.29 is 0 Å². The summed E-state index contributed by atoms with van der Waals surface area (Å²) in [6, 6.07) is 1.91. The molecule has 0 radical (unpaired) electrons. The summed E-state index contributed by atoms with van der Waals surface area (Å²) in [5, 5.41) is 0. The van der Waals surface area contributed by atoms with Crippen molar-refractivity contribution in [1.82, 2.24) is 4.90 Å². The lowest BCUT2D eigenvalue weighted by Gasteiger charge is -2.53. The first-order valence-electron chi connectivity index (χ1n) is 3.99. The maximum absolute atomic E-state index is 2.54. The average molecular weight is 125 g/mol. The van der Waals surface area contributed by atoms with Crippen molar-refractivity contribution in [3.8, 4) is 0 Å². The fraction of sp³-hybridized carbons (Fsp3) is 1.00. The van der Waals surface area contributed by atoms with E-state index in [1.807, 2.05) is 0 Å². The second kappa shape index (κ2) is 1.72. The molecule has 2 heterocycles. The van der Waals surface area contributed by atoms with E-state index in [-0.39, 0.29) is 0 Å². The predicted molar refractivity (Wildman–Crippen MR) is 38.4 cm³/mol. The number of hydrogen-bond donors (Lipinski definition) is 0. The molecule has 0 N–H and O–H groups in total. The summed E-state index contributed by atoms with van der Waals surface area (Å²) in [6.07, 6.45) is 4.39. The van der Waals surface area contributed by atoms with Crippen molar-refractivity contribution in [3.63, 3.8) is 0 Å². The van der Waals surface area contributed by atoms with Crippen LogP contribution in [0.3, 0.4) is 0 Å². The van der Waals surface area contributed by atoms with Crippen LogP contribution >= 0.6 is 0 Å². The summed E-state index contributed by atoms with van der Waals surface area (Å²) in [6.45, 7) is 2.38. The van der Waals surface area contributed by atoms with Gasteiger partial charge in [-0.1, -0.05) is 6.92 Å². The summed E-state index contributed by atoms with van der Waals surface area (Å²) in [5.41, 5.74) is 0. The van der Waals surface area contributed by atoms with Crippen molar-refractivity contribution in [2.24, 2.45) is 5.92 Å². The first-order chi connectivity index (χ1) is 4.27. The van der Waals surface area contributed by atoms with Crippen LogP contribution in [-0.2, 0) is 0 Å². The molecule has 3 rings (SSSR count). The summed E-state index contributed by atoms with van der Waals surface area (Å²) in [4.78, 5) is 2.54. The number of hydrogen-bond acceptors (Lipinski definition) is 1. The number of rotatable bonds is 0. The Morgan fingerprint density at radius 3 is 2.00 bits per heavy atom. The van der Waals surface area contributed by atoms with E-state index in [1.54, 1.807) is 0 Å². The second-order valence-corrected chi connectivity index (χ2v) is 3.79. The van der Waals surface area contributed by atoms with Crippen LogP contribution in [0.15, 0.2) is 0 Å². The normalized spacial score (nSPS) is 50.7. The van der Waals surface area contributed by atoms with Gasteiger partial charge in [0.15, 0.2) is 0 Å². The van der Waals surface area contributed by atoms with Crippen molar-refractivity contribution in [2.45, 2.75) is 38.3 Å². The van der Waals surface area contributed by atoms with Crippen molar-refractivity contribution in [2.75, 3.05) is 7.05 Å². The van der Waals surface area contributed by atoms with E-state index in [2.05, 4.69) is 18.9 Å². The number of piperidine rings is 1. The largest absolute Gasteiger partial charge is 0.300 e. The van der Waals surface area contributed by atoms with Gasteiger partial charge in [0.25, 0.3) is 0 Å². The van der Waals surface area contributed by atoms with Crippen LogP contribution in [0.4, 0.5) is 0 Å². The van der Waals surface area contributed by atoms with E-state index in [4.69, 9.17) is 0 Å². The van der Waals surface area contributed by atoms with E-state index in [0.717, 1.165) is 18.0 Å². The maximum atomic E-state index is 2.54. The Morgan fingerprint density at radius 2 is 1.67 bits per heavy atom. The van der Waals surface area contributed by atoms with E-state index in [9.17, 15) is 0 Å². The van der Waals surface area contributed by atoms with E-state index in [1.165, 1.54) is 19.3 Å². The Balaban J connectivity index is 2.01. The van der Waals surface area contributed by atoms with Crippen molar-refractivity contribution >= 4 is 0 Å². The van der Waals surface area contributed by atoms with Crippen LogP contribution < -0.4 is 0 Å². The highest BCUT2D eigenvalue weighted by Gasteiger charge is 2.40. The Bertz CT molecular complexity index is 110. The van der Waals surface area contributed by atoms with Gasteiger partial charge in [0.1, 0.15) is 0 Å². The zero-order chi connectivity index (χ0) is 6.43. The topological polar surface area (TPSA) is 3.24 Å². The molecule has 52 valence electrons. The highest BCUT2D eigenvalue weighted by molar-refractivity contribution is 4.96. The van der Waals surface area contributed by atoms with Gasteiger partial charge in [-0.3, -0.25) is 0 Å². The van der Waals surface area contributed by atoms with Crippen LogP contribution in [0.1, 0.15) is 26.2 Å². The zero-order valence-corrected chi connectivity index (χ0v) is 6.30. The molecule has 9 heavy (non-hydrogen) atoms. The van der Waals surface area contributed by atoms with Crippen LogP contribution in [0.25, 0.3) is 0 Å². The lowest BCUT2D eigenvalue weighted by atomic mass is 9.75. The molecule has 1 heteroatoms. The van der Waals surface area contributed by atoms with Gasteiger partial charge >= 0.3 is 0 Å². The molecule has 0 aromatic carbocycles. The lowest BCUT2D eigenvalue weighted by molar-refractivity contribution is -0.0258. The maximum Gasteiger partial charge on any atom is 0.0113 e. The molecule has 0 aromatic rings. The van der Waals surface area contributed by atoms with Gasteiger partial charge < -0.3 is 4.90 Å². The molecule has 3 aliphatic rings. The smallest absolute Gasteiger partial charge is 0.0113 e. The van der Waals surface area contributed by atoms with Gasteiger partial charge in [0.05, 0.1) is 0 Å². The first kappa shape index (κ1) is 5.72. The number of nitrogens with zero attached hydrogens (tertiary/aromatic N) is 1. The molecule has 2 unspecified atom stereocenters. The van der Waals surface area contributed by atoms with Crippen LogP contribution in [0.2, 0.25) is 0 Å². The van der Waals surface area contributed by atoms with Gasteiger partial charge in [-0.25, -0.2) is 0 Å². The molecule has 1 nitrogen and oxygen atoms in total. The monoisotopic (exact) mass is 125 g/mol. The number of fused-ring (bicyclic) bond motifs is 2. The second-order valence-electron chi connectivity index (χ2n) is 3.79. The summed E-state index contributed by atoms with van der Waals surface area (Å²) >= 11 is 0. The molecule has 2 bridgehead atoms. The Hall–Kier alpha value is -0.0400. The summed E-state index contributed by atoms with van der Waals surface area (Å²) < 4.78 is 0. The molecule has 0 spiro atoms. The van der Waals surface area contributed by atoms with Crippen LogP contribution in [0, 0.1) is 5.92 Å². The molecule has 3 fully saturated rings. The highest BCUT2D eigenvalue weighted by atomic mass is 15.2. The summed E-state index contributed by atoms with van der Waals surface area (Å²) in [5.74, 6) is 1.00. The zero-order valence-electron chi connectivity index (χ0n) is 6.30. The van der Waals surface area contributed by atoms with E-state index < -0.39 is 0 Å². The Labute approximate surface area is 57.0 Å². The molecule has 2 aliphatic heterocycles. The molecule has 0 amide bonds. The molecular formula is C8H15N. The Morgan fingerprint density at radius 1 is 1.11 bits per heavy atom. The summed E-state index contributed by atoms with van der Waals surface area (Å²) in [7, 11) is 2.27. The standard InChI is InChI=1S/C8H15N/c1-6-3-7-5-8(4-6)9(7)2/h6-8H,3-5H2,1-2H3. The fourth-order valence-corrected chi connectivity index (χ4v) is 2.36. The molecule has 2 atom stereocenters. The molecule has 0 aromatic heterocycles. The third-order valence-corrected chi connectivity index (χ3v) is 3.04. The SMILES string of the molecule is CC1CC2CC(C1)N2C. The van der Waals surface area contributed by atoms with Gasteiger partial charge in [-0.05, 0) is 32.2 Å². The van der Waals surface area contributed by atoms with Gasteiger partial charge in [-0.2, -0.15) is 0 Å².